The van der Waals surface area contributed by atoms with Gasteiger partial charge in [-0.1, -0.05) is 19.1 Å². The van der Waals surface area contributed by atoms with E-state index in [0.717, 1.165) is 13.0 Å². The van der Waals surface area contributed by atoms with Crippen molar-refractivity contribution in [3.8, 4) is 0 Å². The number of aryl methyl sites for hydroxylation is 1. The fourth-order valence-corrected chi connectivity index (χ4v) is 3.10. The fourth-order valence-electron chi connectivity index (χ4n) is 1.83. The molecular weight excluding hydrogens is 353 g/mol. The van der Waals surface area contributed by atoms with Gasteiger partial charge in [-0.15, -0.1) is 11.3 Å². The quantitative estimate of drug-likeness (QED) is 0.747. The third kappa shape index (κ3) is 3.80. The monoisotopic (exact) mass is 371 g/mol. The van der Waals surface area contributed by atoms with Crippen LogP contribution in [0.1, 0.15) is 35.2 Å². The SMILES string of the molecule is CCc1ccc(CNC(C)c2ccc(I)cc2)s1. The Hall–Kier alpha value is -0.390. The summed E-state index contributed by atoms with van der Waals surface area (Å²) in [6.07, 6.45) is 1.14. The van der Waals surface area contributed by atoms with Crippen LogP contribution >= 0.6 is 33.9 Å². The summed E-state index contributed by atoms with van der Waals surface area (Å²) < 4.78 is 1.29. The van der Waals surface area contributed by atoms with Crippen LogP contribution in [-0.2, 0) is 13.0 Å². The van der Waals surface area contributed by atoms with Gasteiger partial charge in [0.2, 0.25) is 0 Å². The van der Waals surface area contributed by atoms with Crippen LogP contribution in [-0.4, -0.2) is 0 Å². The molecule has 0 saturated carbocycles. The molecule has 1 nitrogen and oxygen atoms in total. The van der Waals surface area contributed by atoms with Crippen LogP contribution in [0, 0.1) is 3.57 Å². The van der Waals surface area contributed by atoms with Crippen LogP contribution in [0.25, 0.3) is 0 Å². The summed E-state index contributed by atoms with van der Waals surface area (Å²) in [4.78, 5) is 2.89. The lowest BCUT2D eigenvalue weighted by Crippen LogP contribution is -2.17. The lowest BCUT2D eigenvalue weighted by Gasteiger charge is -2.13. The van der Waals surface area contributed by atoms with E-state index in [-0.39, 0.29) is 0 Å². The van der Waals surface area contributed by atoms with Gasteiger partial charge in [0.15, 0.2) is 0 Å². The second kappa shape index (κ2) is 6.68. The standard InChI is InChI=1S/C15H18INS/c1-3-14-8-9-15(18-14)10-17-11(2)12-4-6-13(16)7-5-12/h4-9,11,17H,3,10H2,1-2H3. The van der Waals surface area contributed by atoms with Crippen LogP contribution < -0.4 is 5.32 Å². The molecule has 1 N–H and O–H groups in total. The first-order valence-electron chi connectivity index (χ1n) is 6.25. The second-order valence-electron chi connectivity index (χ2n) is 4.38. The van der Waals surface area contributed by atoms with E-state index in [4.69, 9.17) is 0 Å². The average Bonchev–Trinajstić information content (AvgIpc) is 2.85. The number of rotatable bonds is 5. The van der Waals surface area contributed by atoms with Gasteiger partial charge >= 0.3 is 0 Å². The zero-order valence-corrected chi connectivity index (χ0v) is 13.7. The highest BCUT2D eigenvalue weighted by molar-refractivity contribution is 14.1. The van der Waals surface area contributed by atoms with Crippen LogP contribution in [0.15, 0.2) is 36.4 Å². The molecule has 2 aromatic rings. The summed E-state index contributed by atoms with van der Waals surface area (Å²) in [5.74, 6) is 0. The molecule has 0 radical (unpaired) electrons. The Morgan fingerprint density at radius 1 is 1.11 bits per heavy atom. The third-order valence-electron chi connectivity index (χ3n) is 3.02. The lowest BCUT2D eigenvalue weighted by molar-refractivity contribution is 0.579. The summed E-state index contributed by atoms with van der Waals surface area (Å²) in [6, 6.07) is 13.6. The molecule has 0 amide bonds. The Balaban J connectivity index is 1.91. The van der Waals surface area contributed by atoms with Crippen molar-refractivity contribution in [1.29, 1.82) is 0 Å². The first kappa shape index (κ1) is 14.0. The molecule has 3 heteroatoms. The molecule has 2 rings (SSSR count). The van der Waals surface area contributed by atoms with E-state index in [1.165, 1.54) is 18.9 Å². The van der Waals surface area contributed by atoms with Crippen molar-refractivity contribution in [2.24, 2.45) is 0 Å². The molecule has 0 aliphatic heterocycles. The van der Waals surface area contributed by atoms with E-state index >= 15 is 0 Å². The number of hydrogen-bond donors (Lipinski definition) is 1. The smallest absolute Gasteiger partial charge is 0.0305 e. The largest absolute Gasteiger partial charge is 0.305 e. The Labute approximate surface area is 127 Å². The Morgan fingerprint density at radius 2 is 1.78 bits per heavy atom. The van der Waals surface area contributed by atoms with E-state index in [1.54, 1.807) is 0 Å². The normalized spacial score (nSPS) is 12.6. The zero-order valence-electron chi connectivity index (χ0n) is 10.7. The molecule has 0 fully saturated rings. The van der Waals surface area contributed by atoms with E-state index < -0.39 is 0 Å². The van der Waals surface area contributed by atoms with Crippen LogP contribution in [0.3, 0.4) is 0 Å². The predicted molar refractivity (Wildman–Crippen MR) is 88.1 cm³/mol. The van der Waals surface area contributed by atoms with Crippen molar-refractivity contribution in [1.82, 2.24) is 5.32 Å². The number of thiophene rings is 1. The van der Waals surface area contributed by atoms with E-state index in [0.29, 0.717) is 6.04 Å². The summed E-state index contributed by atoms with van der Waals surface area (Å²) in [5.41, 5.74) is 1.35. The maximum absolute atomic E-state index is 3.58. The topological polar surface area (TPSA) is 12.0 Å². The van der Waals surface area contributed by atoms with E-state index in [1.807, 2.05) is 11.3 Å². The number of benzene rings is 1. The minimum atomic E-state index is 0.397. The Bertz CT molecular complexity index is 489. The molecule has 1 aromatic heterocycles. The van der Waals surface area contributed by atoms with Crippen LogP contribution in [0.2, 0.25) is 0 Å². The highest BCUT2D eigenvalue weighted by atomic mass is 127. The molecular formula is C15H18INS. The van der Waals surface area contributed by atoms with Gasteiger partial charge in [0.25, 0.3) is 0 Å². The van der Waals surface area contributed by atoms with Crippen molar-refractivity contribution in [2.75, 3.05) is 0 Å². The Morgan fingerprint density at radius 3 is 2.39 bits per heavy atom. The molecule has 0 saturated heterocycles. The van der Waals surface area contributed by atoms with Crippen molar-refractivity contribution in [3.05, 3.63) is 55.3 Å². The lowest BCUT2D eigenvalue weighted by atomic mass is 10.1. The maximum Gasteiger partial charge on any atom is 0.0305 e. The van der Waals surface area contributed by atoms with Crippen LogP contribution in [0.4, 0.5) is 0 Å². The van der Waals surface area contributed by atoms with Crippen molar-refractivity contribution < 1.29 is 0 Å². The van der Waals surface area contributed by atoms with Gasteiger partial charge in [0.1, 0.15) is 0 Å². The second-order valence-corrected chi connectivity index (χ2v) is 6.87. The number of halogens is 1. The summed E-state index contributed by atoms with van der Waals surface area (Å²) in [5, 5.41) is 3.58. The van der Waals surface area contributed by atoms with Crippen molar-refractivity contribution in [2.45, 2.75) is 32.9 Å². The minimum absolute atomic E-state index is 0.397. The van der Waals surface area contributed by atoms with Gasteiger partial charge in [-0.2, -0.15) is 0 Å². The first-order chi connectivity index (χ1) is 8.69. The van der Waals surface area contributed by atoms with Gasteiger partial charge in [0.05, 0.1) is 0 Å². The van der Waals surface area contributed by atoms with Gasteiger partial charge in [0, 0.05) is 25.9 Å². The molecule has 18 heavy (non-hydrogen) atoms. The molecule has 96 valence electrons. The highest BCUT2D eigenvalue weighted by Gasteiger charge is 2.05. The zero-order chi connectivity index (χ0) is 13.0. The van der Waals surface area contributed by atoms with Crippen molar-refractivity contribution >= 4 is 33.9 Å². The molecule has 0 aliphatic rings. The predicted octanol–water partition coefficient (Wildman–Crippen LogP) is 4.77. The van der Waals surface area contributed by atoms with Crippen molar-refractivity contribution in [3.63, 3.8) is 0 Å². The van der Waals surface area contributed by atoms with Crippen LogP contribution in [0.5, 0.6) is 0 Å². The van der Waals surface area contributed by atoms with Gasteiger partial charge < -0.3 is 5.32 Å². The van der Waals surface area contributed by atoms with E-state index in [9.17, 15) is 0 Å². The average molecular weight is 371 g/mol. The van der Waals surface area contributed by atoms with Gasteiger partial charge in [-0.3, -0.25) is 0 Å². The molecule has 1 atom stereocenters. The summed E-state index contributed by atoms with van der Waals surface area (Å²) >= 11 is 4.25. The Kier molecular flexibility index (Phi) is 5.21. The molecule has 1 unspecified atom stereocenters. The molecule has 1 aromatic carbocycles. The number of hydrogen-bond acceptors (Lipinski definition) is 2. The highest BCUT2D eigenvalue weighted by Crippen LogP contribution is 2.19. The van der Waals surface area contributed by atoms with Gasteiger partial charge in [-0.25, -0.2) is 0 Å². The third-order valence-corrected chi connectivity index (χ3v) is 4.97. The molecule has 0 bridgehead atoms. The molecule has 0 aliphatic carbocycles. The minimum Gasteiger partial charge on any atom is -0.305 e. The summed E-state index contributed by atoms with van der Waals surface area (Å²) in [7, 11) is 0. The maximum atomic E-state index is 3.58. The summed E-state index contributed by atoms with van der Waals surface area (Å²) in [6.45, 7) is 5.38. The number of nitrogens with one attached hydrogen (secondary N) is 1. The van der Waals surface area contributed by atoms with E-state index in [2.05, 4.69) is 78.2 Å². The molecule has 0 spiro atoms. The first-order valence-corrected chi connectivity index (χ1v) is 8.15. The molecule has 1 heterocycles. The van der Waals surface area contributed by atoms with Gasteiger partial charge in [-0.05, 0) is 65.8 Å². The fraction of sp³-hybridized carbons (Fsp3) is 0.333.